The zero-order valence-corrected chi connectivity index (χ0v) is 12.6. The van der Waals surface area contributed by atoms with Crippen LogP contribution in [0.3, 0.4) is 0 Å². The largest absolute Gasteiger partial charge is 0.494 e. The predicted octanol–water partition coefficient (Wildman–Crippen LogP) is 3.46. The van der Waals surface area contributed by atoms with Crippen molar-refractivity contribution in [2.75, 3.05) is 20.8 Å². The Hall–Kier alpha value is -1.55. The first kappa shape index (κ1) is 14.9. The van der Waals surface area contributed by atoms with Crippen LogP contribution in [0.2, 0.25) is 0 Å². The van der Waals surface area contributed by atoms with Gasteiger partial charge < -0.3 is 18.2 Å². The van der Waals surface area contributed by atoms with E-state index in [1.807, 2.05) is 19.1 Å². The molecule has 0 bridgehead atoms. The number of benzene rings is 1. The molecule has 0 saturated carbocycles. The fourth-order valence-electron chi connectivity index (χ4n) is 1.86. The molecule has 0 aliphatic carbocycles. The van der Waals surface area contributed by atoms with E-state index in [0.717, 1.165) is 5.56 Å². The SMILES string of the molecule is CCOc1cc(-c2ccco2)cc(P(=O)(OC)OC)c1. The third-order valence-electron chi connectivity index (χ3n) is 2.80. The standard InChI is InChI=1S/C14H17O5P/c1-4-18-12-8-11(14-6-5-7-19-14)9-13(10-12)20(15,16-2)17-3/h5-10H,4H2,1-3H3. The van der Waals surface area contributed by atoms with E-state index >= 15 is 0 Å². The normalized spacial score (nSPS) is 11.6. The van der Waals surface area contributed by atoms with Gasteiger partial charge in [-0.3, -0.25) is 4.57 Å². The summed E-state index contributed by atoms with van der Waals surface area (Å²) in [6.07, 6.45) is 1.58. The zero-order valence-electron chi connectivity index (χ0n) is 11.7. The fraction of sp³-hybridized carbons (Fsp3) is 0.286. The maximum Gasteiger partial charge on any atom is 0.360 e. The van der Waals surface area contributed by atoms with Gasteiger partial charge in [0.2, 0.25) is 0 Å². The molecule has 1 aromatic heterocycles. The molecule has 1 heterocycles. The van der Waals surface area contributed by atoms with Crippen molar-refractivity contribution < 1.29 is 22.8 Å². The quantitative estimate of drug-likeness (QED) is 0.764. The molecule has 0 aliphatic heterocycles. The molecule has 0 spiro atoms. The second kappa shape index (κ2) is 6.27. The lowest BCUT2D eigenvalue weighted by molar-refractivity contribution is 0.287. The van der Waals surface area contributed by atoms with E-state index in [9.17, 15) is 4.57 Å². The summed E-state index contributed by atoms with van der Waals surface area (Å²) in [6, 6.07) is 8.80. The molecule has 0 fully saturated rings. The summed E-state index contributed by atoms with van der Waals surface area (Å²) in [4.78, 5) is 0. The summed E-state index contributed by atoms with van der Waals surface area (Å²) in [5.41, 5.74) is 0.755. The minimum Gasteiger partial charge on any atom is -0.494 e. The topological polar surface area (TPSA) is 57.9 Å². The first-order chi connectivity index (χ1) is 9.62. The Bertz CT molecular complexity index is 598. The van der Waals surface area contributed by atoms with Gasteiger partial charge >= 0.3 is 7.60 Å². The van der Waals surface area contributed by atoms with Crippen LogP contribution < -0.4 is 10.0 Å². The van der Waals surface area contributed by atoms with Gasteiger partial charge in [0.15, 0.2) is 0 Å². The van der Waals surface area contributed by atoms with Crippen molar-refractivity contribution in [3.8, 4) is 17.1 Å². The number of hydrogen-bond acceptors (Lipinski definition) is 5. The van der Waals surface area contributed by atoms with Crippen molar-refractivity contribution in [3.63, 3.8) is 0 Å². The second-order valence-corrected chi connectivity index (χ2v) is 6.23. The van der Waals surface area contributed by atoms with Gasteiger partial charge in [-0.15, -0.1) is 0 Å². The van der Waals surface area contributed by atoms with Crippen LogP contribution in [0, 0.1) is 0 Å². The Morgan fingerprint density at radius 3 is 2.50 bits per heavy atom. The third-order valence-corrected chi connectivity index (χ3v) is 4.66. The lowest BCUT2D eigenvalue weighted by Crippen LogP contribution is -2.09. The molecule has 6 heteroatoms. The summed E-state index contributed by atoms with van der Waals surface area (Å²) < 4.78 is 33.4. The third kappa shape index (κ3) is 2.96. The van der Waals surface area contributed by atoms with Gasteiger partial charge in [0.05, 0.1) is 18.2 Å². The van der Waals surface area contributed by atoms with E-state index in [2.05, 4.69) is 0 Å². The van der Waals surface area contributed by atoms with E-state index in [1.54, 1.807) is 24.5 Å². The van der Waals surface area contributed by atoms with E-state index in [4.69, 9.17) is 18.2 Å². The molecule has 108 valence electrons. The lowest BCUT2D eigenvalue weighted by atomic mass is 10.1. The Morgan fingerprint density at radius 1 is 1.20 bits per heavy atom. The van der Waals surface area contributed by atoms with Crippen molar-refractivity contribution >= 4 is 12.9 Å². The number of rotatable bonds is 6. The highest BCUT2D eigenvalue weighted by atomic mass is 31.2. The summed E-state index contributed by atoms with van der Waals surface area (Å²) in [6.45, 7) is 2.39. The smallest absolute Gasteiger partial charge is 0.360 e. The Morgan fingerprint density at radius 2 is 1.95 bits per heavy atom. The average Bonchev–Trinajstić information content (AvgIpc) is 3.00. The first-order valence-electron chi connectivity index (χ1n) is 6.16. The molecule has 0 N–H and O–H groups in total. The lowest BCUT2D eigenvalue weighted by Gasteiger charge is -2.16. The number of ether oxygens (including phenoxy) is 1. The van der Waals surface area contributed by atoms with Crippen LogP contribution in [0.1, 0.15) is 6.92 Å². The van der Waals surface area contributed by atoms with Gasteiger partial charge in [0, 0.05) is 19.8 Å². The van der Waals surface area contributed by atoms with Crippen LogP contribution in [0.5, 0.6) is 5.75 Å². The van der Waals surface area contributed by atoms with Crippen molar-refractivity contribution in [2.45, 2.75) is 6.92 Å². The van der Waals surface area contributed by atoms with Crippen molar-refractivity contribution in [3.05, 3.63) is 36.6 Å². The Kier molecular flexibility index (Phi) is 4.65. The Balaban J connectivity index is 2.55. The molecule has 5 nitrogen and oxygen atoms in total. The summed E-state index contributed by atoms with van der Waals surface area (Å²) in [5.74, 6) is 1.25. The summed E-state index contributed by atoms with van der Waals surface area (Å²) in [5, 5.41) is 0.430. The van der Waals surface area contributed by atoms with Crippen LogP contribution >= 0.6 is 7.60 Å². The minimum atomic E-state index is -3.33. The highest BCUT2D eigenvalue weighted by Crippen LogP contribution is 2.46. The van der Waals surface area contributed by atoms with Crippen LogP contribution in [0.25, 0.3) is 11.3 Å². The second-order valence-electron chi connectivity index (χ2n) is 3.99. The molecule has 2 rings (SSSR count). The zero-order chi connectivity index (χ0) is 14.6. The van der Waals surface area contributed by atoms with Gasteiger partial charge in [-0.25, -0.2) is 0 Å². The molecule has 0 atom stereocenters. The van der Waals surface area contributed by atoms with Crippen LogP contribution in [-0.4, -0.2) is 20.8 Å². The van der Waals surface area contributed by atoms with Crippen LogP contribution in [0.4, 0.5) is 0 Å². The molecule has 20 heavy (non-hydrogen) atoms. The average molecular weight is 296 g/mol. The summed E-state index contributed by atoms with van der Waals surface area (Å²) >= 11 is 0. The molecule has 0 amide bonds. The highest BCUT2D eigenvalue weighted by molar-refractivity contribution is 7.62. The molecule has 2 aromatic rings. The summed E-state index contributed by atoms with van der Waals surface area (Å²) in [7, 11) is -0.632. The van der Waals surface area contributed by atoms with Gasteiger partial charge in [0.25, 0.3) is 0 Å². The predicted molar refractivity (Wildman–Crippen MR) is 76.6 cm³/mol. The van der Waals surface area contributed by atoms with E-state index in [1.165, 1.54) is 14.2 Å². The molecular formula is C14H17O5P. The van der Waals surface area contributed by atoms with Gasteiger partial charge in [0.1, 0.15) is 11.5 Å². The van der Waals surface area contributed by atoms with E-state index < -0.39 is 7.60 Å². The number of hydrogen-bond donors (Lipinski definition) is 0. The minimum absolute atomic E-state index is 0.430. The molecule has 0 unspecified atom stereocenters. The van der Waals surface area contributed by atoms with Crippen molar-refractivity contribution in [1.29, 1.82) is 0 Å². The van der Waals surface area contributed by atoms with Crippen LogP contribution in [-0.2, 0) is 13.6 Å². The molecule has 0 saturated heterocycles. The Labute approximate surface area is 118 Å². The number of furan rings is 1. The monoisotopic (exact) mass is 296 g/mol. The van der Waals surface area contributed by atoms with Gasteiger partial charge in [-0.05, 0) is 37.3 Å². The van der Waals surface area contributed by atoms with Crippen LogP contribution in [0.15, 0.2) is 41.0 Å². The molecule has 0 radical (unpaired) electrons. The molecule has 1 aromatic carbocycles. The van der Waals surface area contributed by atoms with Gasteiger partial charge in [-0.1, -0.05) is 0 Å². The first-order valence-corrected chi connectivity index (χ1v) is 7.71. The van der Waals surface area contributed by atoms with Crippen molar-refractivity contribution in [1.82, 2.24) is 0 Å². The molecule has 0 aliphatic rings. The fourth-order valence-corrected chi connectivity index (χ4v) is 3.02. The van der Waals surface area contributed by atoms with Gasteiger partial charge in [-0.2, -0.15) is 0 Å². The maximum absolute atomic E-state index is 12.5. The van der Waals surface area contributed by atoms with E-state index in [0.29, 0.717) is 23.4 Å². The molecular weight excluding hydrogens is 279 g/mol. The van der Waals surface area contributed by atoms with Crippen molar-refractivity contribution in [2.24, 2.45) is 0 Å². The maximum atomic E-state index is 12.5. The van der Waals surface area contributed by atoms with E-state index in [-0.39, 0.29) is 0 Å². The highest BCUT2D eigenvalue weighted by Gasteiger charge is 2.26.